The molecule has 1 aliphatic heterocycles. The Balaban J connectivity index is 1.71. The second-order valence-corrected chi connectivity index (χ2v) is 6.15. The maximum Gasteiger partial charge on any atom is 0.337 e. The van der Waals surface area contributed by atoms with Crippen molar-refractivity contribution in [2.45, 2.75) is 12.8 Å². The van der Waals surface area contributed by atoms with Crippen molar-refractivity contribution in [3.63, 3.8) is 0 Å². The molecule has 1 aliphatic rings. The first-order valence-electron chi connectivity index (χ1n) is 8.43. The van der Waals surface area contributed by atoms with Crippen LogP contribution in [-0.4, -0.2) is 37.1 Å². The monoisotopic (exact) mass is 357 g/mol. The van der Waals surface area contributed by atoms with Gasteiger partial charge in [0.05, 0.1) is 24.3 Å². The number of nitrogens with zero attached hydrogens (tertiary/aromatic N) is 2. The Kier molecular flexibility index (Phi) is 5.46. The zero-order valence-corrected chi connectivity index (χ0v) is 14.4. The Hall–Kier alpha value is -2.96. The molecule has 0 bridgehead atoms. The van der Waals surface area contributed by atoms with Crippen molar-refractivity contribution in [1.82, 2.24) is 4.98 Å². The van der Waals surface area contributed by atoms with E-state index in [-0.39, 0.29) is 23.1 Å². The molecule has 1 atom stereocenters. The molecule has 0 radical (unpaired) electrons. The number of halogens is 1. The van der Waals surface area contributed by atoms with Crippen molar-refractivity contribution in [1.29, 1.82) is 0 Å². The highest BCUT2D eigenvalue weighted by Crippen LogP contribution is 2.24. The molecule has 2 aromatic rings. The third-order valence-electron chi connectivity index (χ3n) is 4.41. The Morgan fingerprint density at radius 3 is 2.88 bits per heavy atom. The molecule has 7 heteroatoms. The van der Waals surface area contributed by atoms with Crippen molar-refractivity contribution >= 4 is 23.4 Å². The first-order chi connectivity index (χ1) is 12.6. The van der Waals surface area contributed by atoms with Gasteiger partial charge in [0.25, 0.3) is 0 Å². The number of amides is 1. The topological polar surface area (TPSA) is 71.5 Å². The first kappa shape index (κ1) is 17.8. The zero-order valence-electron chi connectivity index (χ0n) is 14.4. The molecule has 0 spiro atoms. The molecule has 6 nitrogen and oxygen atoms in total. The molecular weight excluding hydrogens is 337 g/mol. The number of aromatic nitrogens is 1. The quantitative estimate of drug-likeness (QED) is 0.852. The van der Waals surface area contributed by atoms with Gasteiger partial charge in [-0.05, 0) is 43.2 Å². The lowest BCUT2D eigenvalue weighted by atomic mass is 9.97. The lowest BCUT2D eigenvalue weighted by molar-refractivity contribution is -0.120. The number of piperidine rings is 1. The molecule has 1 aromatic heterocycles. The molecule has 0 saturated carbocycles. The maximum atomic E-state index is 14.0. The molecule has 0 unspecified atom stereocenters. The summed E-state index contributed by atoms with van der Waals surface area (Å²) in [5, 5.41) is 2.60. The van der Waals surface area contributed by atoms with Crippen LogP contribution in [0.3, 0.4) is 0 Å². The van der Waals surface area contributed by atoms with Crippen molar-refractivity contribution in [3.05, 3.63) is 54.0 Å². The van der Waals surface area contributed by atoms with Gasteiger partial charge in [-0.3, -0.25) is 4.79 Å². The summed E-state index contributed by atoms with van der Waals surface area (Å²) in [5.41, 5.74) is 0.163. The summed E-state index contributed by atoms with van der Waals surface area (Å²) < 4.78 is 18.6. The standard InChI is InChI=1S/C19H20FN3O3/c1-26-19(25)13-7-8-15(20)16(11-13)22-18(24)14-5-4-10-23(12-14)17-6-2-3-9-21-17/h2-3,6-9,11,14H,4-5,10,12H2,1H3,(H,22,24)/t14-/m1/s1. The number of hydrogen-bond donors (Lipinski definition) is 1. The smallest absolute Gasteiger partial charge is 0.337 e. The summed E-state index contributed by atoms with van der Waals surface area (Å²) in [7, 11) is 1.25. The predicted molar refractivity (Wildman–Crippen MR) is 95.5 cm³/mol. The molecule has 0 aliphatic carbocycles. The number of hydrogen-bond acceptors (Lipinski definition) is 5. The fourth-order valence-corrected chi connectivity index (χ4v) is 3.04. The summed E-state index contributed by atoms with van der Waals surface area (Å²) in [4.78, 5) is 30.6. The van der Waals surface area contributed by atoms with Crippen molar-refractivity contribution in [3.8, 4) is 0 Å². The van der Waals surface area contributed by atoms with Crippen LogP contribution in [-0.2, 0) is 9.53 Å². The zero-order chi connectivity index (χ0) is 18.5. The minimum Gasteiger partial charge on any atom is -0.465 e. The molecule has 26 heavy (non-hydrogen) atoms. The number of anilines is 2. The van der Waals surface area contributed by atoms with E-state index in [2.05, 4.69) is 19.9 Å². The van der Waals surface area contributed by atoms with Crippen LogP contribution < -0.4 is 10.2 Å². The largest absolute Gasteiger partial charge is 0.465 e. The van der Waals surface area contributed by atoms with Crippen LogP contribution in [0.2, 0.25) is 0 Å². The first-order valence-corrected chi connectivity index (χ1v) is 8.43. The van der Waals surface area contributed by atoms with E-state index in [9.17, 15) is 14.0 Å². The van der Waals surface area contributed by atoms with E-state index in [0.29, 0.717) is 13.0 Å². The van der Waals surface area contributed by atoms with E-state index in [1.165, 1.54) is 19.2 Å². The van der Waals surface area contributed by atoms with Gasteiger partial charge < -0.3 is 15.0 Å². The highest BCUT2D eigenvalue weighted by molar-refractivity contribution is 5.96. The average Bonchev–Trinajstić information content (AvgIpc) is 2.69. The second-order valence-electron chi connectivity index (χ2n) is 6.15. The van der Waals surface area contributed by atoms with E-state index in [0.717, 1.165) is 24.8 Å². The molecular formula is C19H20FN3O3. The Labute approximate surface area is 151 Å². The normalized spacial score (nSPS) is 16.8. The third-order valence-corrected chi connectivity index (χ3v) is 4.41. The molecule has 1 amide bonds. The molecule has 136 valence electrons. The lowest BCUT2D eigenvalue weighted by Gasteiger charge is -2.32. The van der Waals surface area contributed by atoms with Gasteiger partial charge in [-0.1, -0.05) is 6.07 Å². The van der Waals surface area contributed by atoms with E-state index in [4.69, 9.17) is 0 Å². The van der Waals surface area contributed by atoms with E-state index in [1.807, 2.05) is 18.2 Å². The van der Waals surface area contributed by atoms with Crippen LogP contribution in [0, 0.1) is 11.7 Å². The van der Waals surface area contributed by atoms with Crippen LogP contribution in [0.15, 0.2) is 42.6 Å². The summed E-state index contributed by atoms with van der Waals surface area (Å²) in [6, 6.07) is 9.40. The molecule has 3 rings (SSSR count). The number of carbonyl (C=O) groups is 2. The van der Waals surface area contributed by atoms with Gasteiger partial charge in [-0.25, -0.2) is 14.2 Å². The summed E-state index contributed by atoms with van der Waals surface area (Å²) in [6.07, 6.45) is 3.28. The summed E-state index contributed by atoms with van der Waals surface area (Å²) in [5.74, 6) is -0.912. The van der Waals surface area contributed by atoms with E-state index < -0.39 is 11.8 Å². The van der Waals surface area contributed by atoms with Crippen LogP contribution in [0.5, 0.6) is 0 Å². The van der Waals surface area contributed by atoms with E-state index >= 15 is 0 Å². The van der Waals surface area contributed by atoms with E-state index in [1.54, 1.807) is 6.20 Å². The Morgan fingerprint density at radius 1 is 1.31 bits per heavy atom. The SMILES string of the molecule is COC(=O)c1ccc(F)c(NC(=O)[C@@H]2CCCN(c3ccccn3)C2)c1. The molecule has 1 fully saturated rings. The molecule has 2 heterocycles. The molecule has 1 N–H and O–H groups in total. The van der Waals surface area contributed by atoms with Crippen molar-refractivity contribution < 1.29 is 18.7 Å². The van der Waals surface area contributed by atoms with Crippen LogP contribution in [0.4, 0.5) is 15.9 Å². The number of ether oxygens (including phenoxy) is 1. The van der Waals surface area contributed by atoms with Crippen molar-refractivity contribution in [2.24, 2.45) is 5.92 Å². The van der Waals surface area contributed by atoms with Crippen LogP contribution in [0.1, 0.15) is 23.2 Å². The highest BCUT2D eigenvalue weighted by Gasteiger charge is 2.27. The Morgan fingerprint density at radius 2 is 2.15 bits per heavy atom. The number of esters is 1. The minimum absolute atomic E-state index is 0.0205. The van der Waals surface area contributed by atoms with Gasteiger partial charge in [-0.15, -0.1) is 0 Å². The second kappa shape index (κ2) is 7.95. The fourth-order valence-electron chi connectivity index (χ4n) is 3.04. The van der Waals surface area contributed by atoms with Crippen LogP contribution in [0.25, 0.3) is 0 Å². The third kappa shape index (κ3) is 3.99. The molecule has 1 aromatic carbocycles. The van der Waals surface area contributed by atoms with Gasteiger partial charge in [0, 0.05) is 19.3 Å². The van der Waals surface area contributed by atoms with Gasteiger partial charge in [-0.2, -0.15) is 0 Å². The highest BCUT2D eigenvalue weighted by atomic mass is 19.1. The number of benzene rings is 1. The lowest BCUT2D eigenvalue weighted by Crippen LogP contribution is -2.41. The predicted octanol–water partition coefficient (Wildman–Crippen LogP) is 2.86. The fraction of sp³-hybridized carbons (Fsp3) is 0.316. The number of pyridine rings is 1. The van der Waals surface area contributed by atoms with Gasteiger partial charge in [0.15, 0.2) is 0 Å². The number of rotatable bonds is 4. The summed E-state index contributed by atoms with van der Waals surface area (Å²) in [6.45, 7) is 1.34. The van der Waals surface area contributed by atoms with Crippen molar-refractivity contribution in [2.75, 3.05) is 30.4 Å². The number of carbonyl (C=O) groups excluding carboxylic acids is 2. The van der Waals surface area contributed by atoms with Gasteiger partial charge >= 0.3 is 5.97 Å². The number of nitrogens with one attached hydrogen (secondary N) is 1. The summed E-state index contributed by atoms with van der Waals surface area (Å²) >= 11 is 0. The molecule has 1 saturated heterocycles. The maximum absolute atomic E-state index is 14.0. The number of methoxy groups -OCH3 is 1. The van der Waals surface area contributed by atoms with Gasteiger partial charge in [0.1, 0.15) is 11.6 Å². The minimum atomic E-state index is -0.594. The van der Waals surface area contributed by atoms with Gasteiger partial charge in [0.2, 0.25) is 5.91 Å². The average molecular weight is 357 g/mol. The Bertz CT molecular complexity index is 798. The van der Waals surface area contributed by atoms with Crippen LogP contribution >= 0.6 is 0 Å².